The number of hydrogen-bond donors (Lipinski definition) is 3. The first-order valence-electron chi connectivity index (χ1n) is 9.37. The molecule has 2 saturated carbocycles. The molecular weight excluding hydrogens is 290 g/mol. The van der Waals surface area contributed by atoms with E-state index in [1.54, 1.807) is 0 Å². The molecule has 2 bridgehead atoms. The van der Waals surface area contributed by atoms with Gasteiger partial charge in [-0.25, -0.2) is 0 Å². The number of nitrogens with two attached hydrogens (primary N) is 1. The van der Waals surface area contributed by atoms with Crippen LogP contribution in [0.5, 0.6) is 0 Å². The highest BCUT2D eigenvalue weighted by Crippen LogP contribution is 2.55. The Hall–Kier alpha value is -0.650. The Morgan fingerprint density at radius 1 is 1.39 bits per heavy atom. The lowest BCUT2D eigenvalue weighted by molar-refractivity contribution is -0.127. The molecule has 1 aliphatic heterocycles. The lowest BCUT2D eigenvalue weighted by atomic mass is 9.75. The van der Waals surface area contributed by atoms with Crippen molar-refractivity contribution < 1.29 is 9.53 Å². The zero-order valence-electron chi connectivity index (χ0n) is 14.6. The van der Waals surface area contributed by atoms with E-state index < -0.39 is 0 Å². The summed E-state index contributed by atoms with van der Waals surface area (Å²) in [5, 5.41) is 6.43. The van der Waals surface area contributed by atoms with E-state index in [2.05, 4.69) is 24.5 Å². The highest BCUT2D eigenvalue weighted by atomic mass is 16.5. The van der Waals surface area contributed by atoms with Crippen molar-refractivity contribution in [2.45, 2.75) is 64.5 Å². The number of carbonyl (C=O) groups is 1. The van der Waals surface area contributed by atoms with Crippen LogP contribution in [0.1, 0.15) is 52.4 Å². The van der Waals surface area contributed by atoms with Crippen molar-refractivity contribution in [1.29, 1.82) is 0 Å². The van der Waals surface area contributed by atoms with Gasteiger partial charge in [-0.15, -0.1) is 0 Å². The first-order valence-corrected chi connectivity index (χ1v) is 9.37. The van der Waals surface area contributed by atoms with Crippen LogP contribution in [0.15, 0.2) is 0 Å². The van der Waals surface area contributed by atoms with E-state index in [9.17, 15) is 4.79 Å². The Morgan fingerprint density at radius 2 is 2.22 bits per heavy atom. The Morgan fingerprint density at radius 3 is 2.83 bits per heavy atom. The molecule has 1 heterocycles. The first kappa shape index (κ1) is 17.2. The van der Waals surface area contributed by atoms with Crippen molar-refractivity contribution in [2.24, 2.45) is 28.9 Å². The van der Waals surface area contributed by atoms with E-state index in [0.717, 1.165) is 31.3 Å². The first-order chi connectivity index (χ1) is 11.1. The molecule has 4 N–H and O–H groups in total. The Labute approximate surface area is 140 Å². The van der Waals surface area contributed by atoms with Crippen LogP contribution in [-0.2, 0) is 9.53 Å². The van der Waals surface area contributed by atoms with E-state index >= 15 is 0 Å². The third kappa shape index (κ3) is 3.57. The van der Waals surface area contributed by atoms with Crippen molar-refractivity contribution in [3.63, 3.8) is 0 Å². The molecular formula is C18H33N3O2. The summed E-state index contributed by atoms with van der Waals surface area (Å²) in [4.78, 5) is 12.4. The van der Waals surface area contributed by atoms with Gasteiger partial charge in [-0.2, -0.15) is 0 Å². The van der Waals surface area contributed by atoms with Crippen LogP contribution in [0.25, 0.3) is 0 Å². The van der Waals surface area contributed by atoms with Crippen LogP contribution in [0.3, 0.4) is 0 Å². The van der Waals surface area contributed by atoms with Gasteiger partial charge in [0.1, 0.15) is 6.73 Å². The Balaban J connectivity index is 1.39. The summed E-state index contributed by atoms with van der Waals surface area (Å²) >= 11 is 0. The molecule has 2 aliphatic carbocycles. The standard InChI is InChI=1S/C18H33N3O2/c1-3-16-15(7-14(9-19)21-16)17(22)20-11-23-10-18(2)8-12-4-5-13(18)6-12/h12-16,21H,3-11,19H2,1-2H3,(H,20,22). The molecule has 1 amide bonds. The van der Waals surface area contributed by atoms with Gasteiger partial charge in [-0.05, 0) is 49.4 Å². The maximum Gasteiger partial charge on any atom is 0.226 e. The minimum absolute atomic E-state index is 0.0234. The number of ether oxygens (including phenoxy) is 1. The molecule has 5 nitrogen and oxygen atoms in total. The fourth-order valence-electron chi connectivity index (χ4n) is 5.25. The lowest BCUT2D eigenvalue weighted by Crippen LogP contribution is -2.40. The normalized spacial score (nSPS) is 42.3. The zero-order valence-corrected chi connectivity index (χ0v) is 14.6. The summed E-state index contributed by atoms with van der Waals surface area (Å²) in [7, 11) is 0. The largest absolute Gasteiger partial charge is 0.361 e. The third-order valence-electron chi connectivity index (χ3n) is 6.60. The van der Waals surface area contributed by atoms with Gasteiger partial charge in [0, 0.05) is 18.6 Å². The molecule has 0 radical (unpaired) electrons. The van der Waals surface area contributed by atoms with Gasteiger partial charge in [0.2, 0.25) is 5.91 Å². The smallest absolute Gasteiger partial charge is 0.226 e. The fourth-order valence-corrected chi connectivity index (χ4v) is 5.25. The van der Waals surface area contributed by atoms with Crippen LogP contribution in [0.4, 0.5) is 0 Å². The summed E-state index contributed by atoms with van der Waals surface area (Å²) < 4.78 is 5.85. The lowest BCUT2D eigenvalue weighted by Gasteiger charge is -2.33. The van der Waals surface area contributed by atoms with E-state index in [0.29, 0.717) is 18.7 Å². The SMILES string of the molecule is CCC1NC(CN)CC1C(=O)NCOCC1(C)CC2CCC1C2. The summed E-state index contributed by atoms with van der Waals surface area (Å²) in [5.74, 6) is 1.89. The number of hydrogen-bond acceptors (Lipinski definition) is 4. The average molecular weight is 323 g/mol. The fraction of sp³-hybridized carbons (Fsp3) is 0.944. The van der Waals surface area contributed by atoms with Crippen LogP contribution < -0.4 is 16.4 Å². The van der Waals surface area contributed by atoms with Crippen LogP contribution in [-0.4, -0.2) is 37.9 Å². The predicted molar refractivity (Wildman–Crippen MR) is 90.7 cm³/mol. The molecule has 132 valence electrons. The van der Waals surface area contributed by atoms with Crippen LogP contribution in [0, 0.1) is 23.2 Å². The molecule has 0 aromatic heterocycles. The second-order valence-corrected chi connectivity index (χ2v) is 8.22. The molecule has 5 heteroatoms. The molecule has 3 fully saturated rings. The Kier molecular flexibility index (Phi) is 5.29. The molecule has 6 unspecified atom stereocenters. The van der Waals surface area contributed by atoms with Gasteiger partial charge >= 0.3 is 0 Å². The van der Waals surface area contributed by atoms with Crippen molar-refractivity contribution >= 4 is 5.91 Å². The number of carbonyl (C=O) groups excluding carboxylic acids is 1. The molecule has 0 aromatic rings. The van der Waals surface area contributed by atoms with Gasteiger partial charge in [0.15, 0.2) is 0 Å². The van der Waals surface area contributed by atoms with Gasteiger partial charge in [0.25, 0.3) is 0 Å². The van der Waals surface area contributed by atoms with Gasteiger partial charge < -0.3 is 21.1 Å². The number of fused-ring (bicyclic) bond motifs is 2. The van der Waals surface area contributed by atoms with Crippen molar-refractivity contribution in [2.75, 3.05) is 19.9 Å². The van der Waals surface area contributed by atoms with E-state index in [1.165, 1.54) is 25.7 Å². The highest BCUT2D eigenvalue weighted by molar-refractivity contribution is 5.79. The maximum absolute atomic E-state index is 12.4. The summed E-state index contributed by atoms with van der Waals surface area (Å²) in [5.41, 5.74) is 6.06. The topological polar surface area (TPSA) is 76.4 Å². The molecule has 0 aromatic carbocycles. The zero-order chi connectivity index (χ0) is 16.4. The minimum Gasteiger partial charge on any atom is -0.361 e. The van der Waals surface area contributed by atoms with Gasteiger partial charge in [0.05, 0.1) is 12.5 Å². The molecule has 3 aliphatic rings. The number of rotatable bonds is 7. The van der Waals surface area contributed by atoms with Crippen LogP contribution in [0.2, 0.25) is 0 Å². The highest BCUT2D eigenvalue weighted by Gasteiger charge is 2.47. The second kappa shape index (κ2) is 7.08. The Bertz CT molecular complexity index is 430. The number of nitrogens with one attached hydrogen (secondary N) is 2. The van der Waals surface area contributed by atoms with E-state index in [4.69, 9.17) is 10.5 Å². The number of amides is 1. The van der Waals surface area contributed by atoms with Gasteiger partial charge in [-0.1, -0.05) is 20.3 Å². The van der Waals surface area contributed by atoms with E-state index in [-0.39, 0.29) is 23.9 Å². The molecule has 1 saturated heterocycles. The molecule has 6 atom stereocenters. The molecule has 0 spiro atoms. The second-order valence-electron chi connectivity index (χ2n) is 8.22. The molecule has 23 heavy (non-hydrogen) atoms. The van der Waals surface area contributed by atoms with Gasteiger partial charge in [-0.3, -0.25) is 4.79 Å². The summed E-state index contributed by atoms with van der Waals surface area (Å²) in [6.45, 7) is 6.19. The third-order valence-corrected chi connectivity index (χ3v) is 6.60. The van der Waals surface area contributed by atoms with E-state index in [1.807, 2.05) is 0 Å². The summed E-state index contributed by atoms with van der Waals surface area (Å²) in [6.07, 6.45) is 7.25. The maximum atomic E-state index is 12.4. The average Bonchev–Trinajstić information content (AvgIpc) is 3.24. The van der Waals surface area contributed by atoms with Crippen molar-refractivity contribution in [1.82, 2.24) is 10.6 Å². The van der Waals surface area contributed by atoms with Crippen molar-refractivity contribution in [3.05, 3.63) is 0 Å². The minimum atomic E-state index is 0.0234. The predicted octanol–water partition coefficient (Wildman–Crippen LogP) is 1.62. The quantitative estimate of drug-likeness (QED) is 0.491. The monoisotopic (exact) mass is 323 g/mol. The summed E-state index contributed by atoms with van der Waals surface area (Å²) in [6, 6.07) is 0.510. The van der Waals surface area contributed by atoms with Crippen LogP contribution >= 0.6 is 0 Å². The molecule has 3 rings (SSSR count). The van der Waals surface area contributed by atoms with Crippen molar-refractivity contribution in [3.8, 4) is 0 Å².